The maximum atomic E-state index is 5.60. The highest BCUT2D eigenvalue weighted by Gasteiger charge is 2.14. The molecule has 3 nitrogen and oxygen atoms in total. The Balaban J connectivity index is 2.40. The number of hydrogen-bond acceptors (Lipinski definition) is 4. The topological polar surface area (TPSA) is 50.9 Å². The highest BCUT2D eigenvalue weighted by Crippen LogP contribution is 2.24. The van der Waals surface area contributed by atoms with Crippen molar-refractivity contribution in [2.75, 3.05) is 0 Å². The average Bonchev–Trinajstić information content (AvgIpc) is 2.75. The van der Waals surface area contributed by atoms with E-state index in [4.69, 9.17) is 5.84 Å². The third-order valence-electron chi connectivity index (χ3n) is 2.42. The van der Waals surface area contributed by atoms with E-state index < -0.39 is 0 Å². The molecule has 2 aromatic heterocycles. The third kappa shape index (κ3) is 2.07. The van der Waals surface area contributed by atoms with E-state index in [1.807, 2.05) is 19.2 Å². The first-order valence-electron chi connectivity index (χ1n) is 4.71. The molecule has 78 valence electrons. The van der Waals surface area contributed by atoms with Crippen LogP contribution >= 0.6 is 11.3 Å². The molecule has 3 N–H and O–H groups in total. The van der Waals surface area contributed by atoms with Crippen molar-refractivity contribution in [3.05, 3.63) is 52.0 Å². The summed E-state index contributed by atoms with van der Waals surface area (Å²) in [6.07, 6.45) is 3.64. The van der Waals surface area contributed by atoms with Gasteiger partial charge in [0, 0.05) is 12.4 Å². The first-order valence-corrected chi connectivity index (χ1v) is 5.66. The van der Waals surface area contributed by atoms with E-state index in [2.05, 4.69) is 27.2 Å². The molecule has 0 amide bonds. The van der Waals surface area contributed by atoms with Gasteiger partial charge in [0.15, 0.2) is 0 Å². The van der Waals surface area contributed by atoms with E-state index in [9.17, 15) is 0 Å². The van der Waals surface area contributed by atoms with Crippen molar-refractivity contribution in [3.8, 4) is 0 Å². The Bertz CT molecular complexity index is 425. The van der Waals surface area contributed by atoms with Crippen LogP contribution in [0.1, 0.15) is 22.7 Å². The molecule has 0 radical (unpaired) electrons. The molecule has 0 aliphatic rings. The Hall–Kier alpha value is -1.23. The maximum Gasteiger partial charge on any atom is 0.0721 e. The fourth-order valence-corrected chi connectivity index (χ4v) is 2.30. The number of rotatable bonds is 3. The van der Waals surface area contributed by atoms with Gasteiger partial charge in [-0.15, -0.1) is 0 Å². The van der Waals surface area contributed by atoms with Crippen molar-refractivity contribution in [1.82, 2.24) is 10.4 Å². The predicted octanol–water partition coefficient (Wildman–Crippen LogP) is 2.00. The number of hydrazine groups is 1. The van der Waals surface area contributed by atoms with E-state index in [1.165, 1.54) is 11.1 Å². The Morgan fingerprint density at radius 3 is 2.93 bits per heavy atom. The van der Waals surface area contributed by atoms with E-state index in [-0.39, 0.29) is 6.04 Å². The van der Waals surface area contributed by atoms with Crippen molar-refractivity contribution >= 4 is 11.3 Å². The summed E-state index contributed by atoms with van der Waals surface area (Å²) in [6, 6.07) is 4.13. The van der Waals surface area contributed by atoms with Gasteiger partial charge in [-0.1, -0.05) is 0 Å². The van der Waals surface area contributed by atoms with Crippen LogP contribution in [0.4, 0.5) is 0 Å². The van der Waals surface area contributed by atoms with Crippen molar-refractivity contribution in [2.45, 2.75) is 13.0 Å². The summed E-state index contributed by atoms with van der Waals surface area (Å²) in [4.78, 5) is 4.08. The van der Waals surface area contributed by atoms with Crippen molar-refractivity contribution < 1.29 is 0 Å². The number of nitrogens with zero attached hydrogens (tertiary/aromatic N) is 1. The van der Waals surface area contributed by atoms with Crippen LogP contribution < -0.4 is 11.3 Å². The average molecular weight is 219 g/mol. The molecule has 15 heavy (non-hydrogen) atoms. The second kappa shape index (κ2) is 4.53. The zero-order chi connectivity index (χ0) is 10.7. The third-order valence-corrected chi connectivity index (χ3v) is 3.12. The summed E-state index contributed by atoms with van der Waals surface area (Å²) < 4.78 is 0. The Kier molecular flexibility index (Phi) is 3.11. The summed E-state index contributed by atoms with van der Waals surface area (Å²) in [6.45, 7) is 2.04. The van der Waals surface area contributed by atoms with Gasteiger partial charge >= 0.3 is 0 Å². The summed E-state index contributed by atoms with van der Waals surface area (Å²) in [5, 5.41) is 4.15. The predicted molar refractivity (Wildman–Crippen MR) is 62.5 cm³/mol. The summed E-state index contributed by atoms with van der Waals surface area (Å²) in [5.74, 6) is 5.60. The standard InChI is InChI=1S/C11H13N3S/c1-8-6-13-4-2-10(8)11(14-12)9-3-5-15-7-9/h2-7,11,14H,12H2,1H3. The van der Waals surface area contributed by atoms with Crippen LogP contribution in [0.15, 0.2) is 35.3 Å². The van der Waals surface area contributed by atoms with Gasteiger partial charge in [-0.2, -0.15) is 11.3 Å². The molecular weight excluding hydrogens is 206 g/mol. The normalized spacial score (nSPS) is 12.7. The number of nitrogens with two attached hydrogens (primary N) is 1. The van der Waals surface area contributed by atoms with E-state index in [0.29, 0.717) is 0 Å². The van der Waals surface area contributed by atoms with Gasteiger partial charge in [-0.05, 0) is 46.5 Å². The first-order chi connectivity index (χ1) is 7.33. The molecule has 2 rings (SSSR count). The highest BCUT2D eigenvalue weighted by molar-refractivity contribution is 7.08. The van der Waals surface area contributed by atoms with E-state index in [0.717, 1.165) is 5.56 Å². The van der Waals surface area contributed by atoms with Crippen LogP contribution in [0.2, 0.25) is 0 Å². The number of pyridine rings is 1. The minimum absolute atomic E-state index is 0.0549. The van der Waals surface area contributed by atoms with Gasteiger partial charge < -0.3 is 0 Å². The lowest BCUT2D eigenvalue weighted by molar-refractivity contribution is 0.634. The molecule has 2 heterocycles. The molecule has 0 spiro atoms. The van der Waals surface area contributed by atoms with Crippen LogP contribution in [-0.4, -0.2) is 4.98 Å². The van der Waals surface area contributed by atoms with Crippen molar-refractivity contribution in [3.63, 3.8) is 0 Å². The molecule has 0 aliphatic carbocycles. The van der Waals surface area contributed by atoms with Crippen LogP contribution in [0, 0.1) is 6.92 Å². The number of hydrogen-bond donors (Lipinski definition) is 2. The molecule has 0 saturated carbocycles. The van der Waals surface area contributed by atoms with E-state index in [1.54, 1.807) is 17.5 Å². The minimum Gasteiger partial charge on any atom is -0.271 e. The van der Waals surface area contributed by atoms with Gasteiger partial charge in [0.2, 0.25) is 0 Å². The second-order valence-electron chi connectivity index (χ2n) is 3.39. The fraction of sp³-hybridized carbons (Fsp3) is 0.182. The molecule has 2 aromatic rings. The Morgan fingerprint density at radius 2 is 2.33 bits per heavy atom. The van der Waals surface area contributed by atoms with Gasteiger partial charge in [-0.25, -0.2) is 5.43 Å². The summed E-state index contributed by atoms with van der Waals surface area (Å²) >= 11 is 1.67. The van der Waals surface area contributed by atoms with Crippen LogP contribution in [0.25, 0.3) is 0 Å². The number of nitrogens with one attached hydrogen (secondary N) is 1. The lowest BCUT2D eigenvalue weighted by Crippen LogP contribution is -2.29. The second-order valence-corrected chi connectivity index (χ2v) is 4.17. The van der Waals surface area contributed by atoms with Gasteiger partial charge in [0.05, 0.1) is 6.04 Å². The molecule has 0 bridgehead atoms. The van der Waals surface area contributed by atoms with Crippen LogP contribution in [0.3, 0.4) is 0 Å². The maximum absolute atomic E-state index is 5.60. The number of aryl methyl sites for hydroxylation is 1. The largest absolute Gasteiger partial charge is 0.271 e. The highest BCUT2D eigenvalue weighted by atomic mass is 32.1. The van der Waals surface area contributed by atoms with Gasteiger partial charge in [-0.3, -0.25) is 10.8 Å². The molecule has 4 heteroatoms. The summed E-state index contributed by atoms with van der Waals surface area (Å²) in [5.41, 5.74) is 6.35. The summed E-state index contributed by atoms with van der Waals surface area (Å²) in [7, 11) is 0. The quantitative estimate of drug-likeness (QED) is 0.613. The minimum atomic E-state index is 0.0549. The number of thiophene rings is 1. The number of aromatic nitrogens is 1. The smallest absolute Gasteiger partial charge is 0.0721 e. The van der Waals surface area contributed by atoms with Crippen molar-refractivity contribution in [1.29, 1.82) is 0 Å². The van der Waals surface area contributed by atoms with Gasteiger partial charge in [0.25, 0.3) is 0 Å². The molecular formula is C11H13N3S. The molecule has 1 unspecified atom stereocenters. The fourth-order valence-electron chi connectivity index (χ4n) is 1.61. The SMILES string of the molecule is Cc1cnccc1C(NN)c1ccsc1. The lowest BCUT2D eigenvalue weighted by Gasteiger charge is -2.16. The lowest BCUT2D eigenvalue weighted by atomic mass is 9.99. The monoisotopic (exact) mass is 219 g/mol. The molecule has 0 fully saturated rings. The molecule has 0 aromatic carbocycles. The van der Waals surface area contributed by atoms with Gasteiger partial charge in [0.1, 0.15) is 0 Å². The molecule has 0 aliphatic heterocycles. The van der Waals surface area contributed by atoms with E-state index >= 15 is 0 Å². The Morgan fingerprint density at radius 1 is 1.47 bits per heavy atom. The zero-order valence-corrected chi connectivity index (χ0v) is 9.29. The van der Waals surface area contributed by atoms with Crippen LogP contribution in [-0.2, 0) is 0 Å². The molecule has 0 saturated heterocycles. The molecule has 1 atom stereocenters. The Labute approximate surface area is 92.9 Å². The van der Waals surface area contributed by atoms with Crippen molar-refractivity contribution in [2.24, 2.45) is 5.84 Å². The van der Waals surface area contributed by atoms with Crippen LogP contribution in [0.5, 0.6) is 0 Å². The zero-order valence-electron chi connectivity index (χ0n) is 8.47. The first kappa shape index (κ1) is 10.3.